The van der Waals surface area contributed by atoms with E-state index in [4.69, 9.17) is 4.52 Å². The molecule has 3 rings (SSSR count). The Bertz CT molecular complexity index is 866. The van der Waals surface area contributed by atoms with E-state index in [1.54, 1.807) is 0 Å². The van der Waals surface area contributed by atoms with Gasteiger partial charge in [-0.1, -0.05) is 5.16 Å². The van der Waals surface area contributed by atoms with Crippen molar-refractivity contribution in [3.05, 3.63) is 70.2 Å². The lowest BCUT2D eigenvalue weighted by Gasteiger charge is -2.01. The van der Waals surface area contributed by atoms with E-state index in [0.717, 1.165) is 0 Å². The molecule has 8 heteroatoms. The highest BCUT2D eigenvalue weighted by Crippen LogP contribution is 2.15. The minimum atomic E-state index is -0.386. The van der Waals surface area contributed by atoms with E-state index in [0.29, 0.717) is 17.0 Å². The number of H-pyrrole nitrogens is 1. The van der Waals surface area contributed by atoms with E-state index < -0.39 is 0 Å². The smallest absolute Gasteiger partial charge is 0.253 e. The van der Waals surface area contributed by atoms with Gasteiger partial charge in [-0.2, -0.15) is 4.98 Å². The lowest BCUT2D eigenvalue weighted by molar-refractivity contribution is 0.0946. The summed E-state index contributed by atoms with van der Waals surface area (Å²) in [5.74, 6) is -0.228. The van der Waals surface area contributed by atoms with E-state index in [-0.39, 0.29) is 29.7 Å². The Labute approximate surface area is 129 Å². The number of aromatic nitrogens is 3. The number of rotatable bonds is 4. The molecule has 0 aliphatic carbocycles. The standard InChI is InChI=1S/C15H11FN4O3/c16-11-4-1-9(2-5-11)14-19-13(23-20-14)8-18-15(22)10-3-6-12(21)17-7-10/h1-7H,8H2,(H,17,21)(H,18,22). The molecule has 0 spiro atoms. The van der Waals surface area contributed by atoms with Crippen LogP contribution >= 0.6 is 0 Å². The summed E-state index contributed by atoms with van der Waals surface area (Å²) < 4.78 is 17.9. The Hall–Kier alpha value is -3.29. The largest absolute Gasteiger partial charge is 0.343 e. The molecule has 2 heterocycles. The van der Waals surface area contributed by atoms with Crippen LogP contribution in [0.25, 0.3) is 11.4 Å². The van der Waals surface area contributed by atoms with Gasteiger partial charge in [-0.25, -0.2) is 4.39 Å². The van der Waals surface area contributed by atoms with Crippen LogP contribution in [0.4, 0.5) is 4.39 Å². The number of halogens is 1. The van der Waals surface area contributed by atoms with Crippen LogP contribution in [0.2, 0.25) is 0 Å². The number of hydrogen-bond donors (Lipinski definition) is 2. The second-order valence-electron chi connectivity index (χ2n) is 4.64. The third kappa shape index (κ3) is 3.49. The summed E-state index contributed by atoms with van der Waals surface area (Å²) in [5.41, 5.74) is 0.624. The Kier molecular flexibility index (Phi) is 3.96. The molecule has 1 aromatic carbocycles. The van der Waals surface area contributed by atoms with Crippen LogP contribution in [-0.4, -0.2) is 21.0 Å². The second-order valence-corrected chi connectivity index (χ2v) is 4.64. The number of nitrogens with one attached hydrogen (secondary N) is 2. The first-order valence-corrected chi connectivity index (χ1v) is 6.67. The van der Waals surface area contributed by atoms with Crippen LogP contribution in [0.15, 0.2) is 51.9 Å². The van der Waals surface area contributed by atoms with Gasteiger partial charge in [0.1, 0.15) is 5.82 Å². The molecule has 1 amide bonds. The lowest BCUT2D eigenvalue weighted by atomic mass is 10.2. The van der Waals surface area contributed by atoms with E-state index >= 15 is 0 Å². The number of carbonyl (C=O) groups excluding carboxylic acids is 1. The molecule has 0 saturated carbocycles. The third-order valence-corrected chi connectivity index (χ3v) is 3.02. The Balaban J connectivity index is 1.65. The first-order chi connectivity index (χ1) is 11.1. The van der Waals surface area contributed by atoms with Crippen molar-refractivity contribution in [2.45, 2.75) is 6.54 Å². The van der Waals surface area contributed by atoms with Gasteiger partial charge in [0.05, 0.1) is 12.1 Å². The Morgan fingerprint density at radius 1 is 1.22 bits per heavy atom. The molecule has 2 N–H and O–H groups in total. The van der Waals surface area contributed by atoms with Crippen LogP contribution in [0, 0.1) is 5.82 Å². The maximum atomic E-state index is 12.9. The summed E-state index contributed by atoms with van der Waals surface area (Å²) in [6.45, 7) is 0.0339. The molecule has 3 aromatic rings. The molecule has 2 aromatic heterocycles. The van der Waals surface area contributed by atoms with Crippen molar-refractivity contribution < 1.29 is 13.7 Å². The molecule has 0 aliphatic heterocycles. The zero-order valence-electron chi connectivity index (χ0n) is 11.7. The summed E-state index contributed by atoms with van der Waals surface area (Å²) in [6, 6.07) is 8.32. The molecule has 0 aliphatic rings. The Morgan fingerprint density at radius 3 is 2.70 bits per heavy atom. The maximum Gasteiger partial charge on any atom is 0.253 e. The van der Waals surface area contributed by atoms with Gasteiger partial charge in [0.2, 0.25) is 17.3 Å². The molecule has 0 bridgehead atoms. The second kappa shape index (κ2) is 6.22. The van der Waals surface area contributed by atoms with Gasteiger partial charge in [0.15, 0.2) is 0 Å². The highest BCUT2D eigenvalue weighted by atomic mass is 19.1. The number of hydrogen-bond acceptors (Lipinski definition) is 5. The molecule has 0 unspecified atom stereocenters. The topological polar surface area (TPSA) is 101 Å². The first-order valence-electron chi connectivity index (χ1n) is 6.67. The molecular weight excluding hydrogens is 303 g/mol. The number of amides is 1. The zero-order valence-corrected chi connectivity index (χ0v) is 11.7. The minimum Gasteiger partial charge on any atom is -0.343 e. The van der Waals surface area contributed by atoms with Crippen LogP contribution < -0.4 is 10.9 Å². The molecule has 0 radical (unpaired) electrons. The average Bonchev–Trinajstić information content (AvgIpc) is 3.03. The number of pyridine rings is 1. The van der Waals surface area contributed by atoms with Crippen LogP contribution in [0.1, 0.15) is 16.2 Å². The van der Waals surface area contributed by atoms with Gasteiger partial charge < -0.3 is 14.8 Å². The lowest BCUT2D eigenvalue weighted by Crippen LogP contribution is -2.23. The molecule has 0 atom stereocenters. The van der Waals surface area contributed by atoms with Crippen LogP contribution in [-0.2, 0) is 6.54 Å². The third-order valence-electron chi connectivity index (χ3n) is 3.02. The molecule has 23 heavy (non-hydrogen) atoms. The molecular formula is C15H11FN4O3. The fourth-order valence-electron chi connectivity index (χ4n) is 1.85. The van der Waals surface area contributed by atoms with Crippen molar-refractivity contribution in [3.63, 3.8) is 0 Å². The SMILES string of the molecule is O=C(NCc1nc(-c2ccc(F)cc2)no1)c1ccc(=O)[nH]c1. The predicted octanol–water partition coefficient (Wildman–Crippen LogP) is 1.49. The summed E-state index contributed by atoms with van der Waals surface area (Å²) >= 11 is 0. The first kappa shape index (κ1) is 14.6. The van der Waals surface area contributed by atoms with Crippen molar-refractivity contribution >= 4 is 5.91 Å². The monoisotopic (exact) mass is 314 g/mol. The fourth-order valence-corrected chi connectivity index (χ4v) is 1.85. The van der Waals surface area contributed by atoms with Crippen molar-refractivity contribution in [2.75, 3.05) is 0 Å². The molecule has 0 saturated heterocycles. The summed E-state index contributed by atoms with van der Waals surface area (Å²) in [5, 5.41) is 6.36. The molecule has 116 valence electrons. The van der Waals surface area contributed by atoms with E-state index in [1.807, 2.05) is 0 Å². The Morgan fingerprint density at radius 2 is 2.00 bits per heavy atom. The predicted molar refractivity (Wildman–Crippen MR) is 77.9 cm³/mol. The number of benzene rings is 1. The van der Waals surface area contributed by atoms with E-state index in [9.17, 15) is 14.0 Å². The maximum absolute atomic E-state index is 12.9. The minimum absolute atomic E-state index is 0.0339. The van der Waals surface area contributed by atoms with Crippen molar-refractivity contribution in [1.82, 2.24) is 20.4 Å². The summed E-state index contributed by atoms with van der Waals surface area (Å²) in [7, 11) is 0. The van der Waals surface area contributed by atoms with Crippen molar-refractivity contribution in [1.29, 1.82) is 0 Å². The number of carbonyl (C=O) groups is 1. The number of nitrogens with zero attached hydrogens (tertiary/aromatic N) is 2. The molecule has 7 nitrogen and oxygen atoms in total. The van der Waals surface area contributed by atoms with Crippen LogP contribution in [0.5, 0.6) is 0 Å². The van der Waals surface area contributed by atoms with Crippen molar-refractivity contribution in [2.24, 2.45) is 0 Å². The average molecular weight is 314 g/mol. The number of aromatic amines is 1. The van der Waals surface area contributed by atoms with Gasteiger partial charge in [0.25, 0.3) is 5.91 Å². The highest BCUT2D eigenvalue weighted by molar-refractivity contribution is 5.93. The van der Waals surface area contributed by atoms with Gasteiger partial charge in [-0.15, -0.1) is 0 Å². The van der Waals surface area contributed by atoms with E-state index in [1.165, 1.54) is 42.6 Å². The van der Waals surface area contributed by atoms with Gasteiger partial charge >= 0.3 is 0 Å². The normalized spacial score (nSPS) is 10.5. The van der Waals surface area contributed by atoms with E-state index in [2.05, 4.69) is 20.4 Å². The van der Waals surface area contributed by atoms with Crippen molar-refractivity contribution in [3.8, 4) is 11.4 Å². The van der Waals surface area contributed by atoms with Gasteiger partial charge in [0, 0.05) is 17.8 Å². The zero-order chi connectivity index (χ0) is 16.2. The summed E-state index contributed by atoms with van der Waals surface area (Å²) in [4.78, 5) is 29.3. The summed E-state index contributed by atoms with van der Waals surface area (Å²) in [6.07, 6.45) is 1.31. The quantitative estimate of drug-likeness (QED) is 0.760. The highest BCUT2D eigenvalue weighted by Gasteiger charge is 2.11. The van der Waals surface area contributed by atoms with Gasteiger partial charge in [-0.3, -0.25) is 9.59 Å². The fraction of sp³-hybridized carbons (Fsp3) is 0.0667. The van der Waals surface area contributed by atoms with Gasteiger partial charge in [-0.05, 0) is 30.3 Å². The van der Waals surface area contributed by atoms with Crippen LogP contribution in [0.3, 0.4) is 0 Å². The molecule has 0 fully saturated rings.